The number of likely N-dealkylation sites (tertiary alicyclic amines) is 1. The summed E-state index contributed by atoms with van der Waals surface area (Å²) in [5, 5.41) is 8.21. The molecule has 1 aromatic rings. The first-order chi connectivity index (χ1) is 10.5. The van der Waals surface area contributed by atoms with Crippen LogP contribution < -0.4 is 0 Å². The smallest absolute Gasteiger partial charge is 0.276 e. The second kappa shape index (κ2) is 7.72. The summed E-state index contributed by atoms with van der Waals surface area (Å²) in [6.45, 7) is 13.0. The number of hydrogen-bond donors (Lipinski definition) is 0. The lowest BCUT2D eigenvalue weighted by molar-refractivity contribution is 0.0767. The summed E-state index contributed by atoms with van der Waals surface area (Å²) in [5.41, 5.74) is 0.459. The molecule has 1 unspecified atom stereocenters. The zero-order valence-electron chi connectivity index (χ0n) is 14.3. The van der Waals surface area contributed by atoms with Crippen LogP contribution >= 0.6 is 0 Å². The van der Waals surface area contributed by atoms with E-state index in [2.05, 4.69) is 29.1 Å². The summed E-state index contributed by atoms with van der Waals surface area (Å²) in [4.78, 5) is 16.5. The Labute approximate surface area is 133 Å². The van der Waals surface area contributed by atoms with E-state index in [1.807, 2.05) is 18.5 Å². The van der Waals surface area contributed by atoms with Crippen LogP contribution in [0.1, 0.15) is 51.0 Å². The van der Waals surface area contributed by atoms with Crippen LogP contribution in [0.5, 0.6) is 0 Å². The highest BCUT2D eigenvalue weighted by molar-refractivity contribution is 5.91. The predicted molar refractivity (Wildman–Crippen MR) is 86.7 cm³/mol. The lowest BCUT2D eigenvalue weighted by Gasteiger charge is -2.35. The molecule has 2 rings (SSSR count). The SMILES string of the molecule is CCN(CC)C(=O)c1cn(CC2CCCN(C(C)C)C2)nn1. The fraction of sp³-hybridized carbons (Fsp3) is 0.812. The molecule has 0 saturated carbocycles. The molecule has 0 bridgehead atoms. The van der Waals surface area contributed by atoms with Crippen LogP contribution in [0, 0.1) is 5.92 Å². The first-order valence-electron chi connectivity index (χ1n) is 8.48. The van der Waals surface area contributed by atoms with Crippen LogP contribution in [-0.2, 0) is 6.54 Å². The Balaban J connectivity index is 1.95. The monoisotopic (exact) mass is 307 g/mol. The number of aromatic nitrogens is 3. The third kappa shape index (κ3) is 4.06. The molecule has 22 heavy (non-hydrogen) atoms. The van der Waals surface area contributed by atoms with Crippen molar-refractivity contribution in [3.63, 3.8) is 0 Å². The molecule has 6 heteroatoms. The van der Waals surface area contributed by atoms with Crippen molar-refractivity contribution in [2.75, 3.05) is 26.2 Å². The maximum absolute atomic E-state index is 12.3. The highest BCUT2D eigenvalue weighted by atomic mass is 16.2. The number of carbonyl (C=O) groups is 1. The molecule has 1 aliphatic rings. The Kier molecular flexibility index (Phi) is 5.94. The van der Waals surface area contributed by atoms with Gasteiger partial charge in [-0.25, -0.2) is 0 Å². The van der Waals surface area contributed by atoms with Gasteiger partial charge in [0.15, 0.2) is 5.69 Å². The molecule has 0 spiro atoms. The van der Waals surface area contributed by atoms with Crippen molar-refractivity contribution in [1.82, 2.24) is 24.8 Å². The third-order valence-electron chi connectivity index (χ3n) is 4.53. The van der Waals surface area contributed by atoms with Gasteiger partial charge < -0.3 is 9.80 Å². The van der Waals surface area contributed by atoms with Crippen LogP contribution in [0.4, 0.5) is 0 Å². The van der Waals surface area contributed by atoms with Gasteiger partial charge in [-0.15, -0.1) is 5.10 Å². The van der Waals surface area contributed by atoms with Gasteiger partial charge >= 0.3 is 0 Å². The average Bonchev–Trinajstić information content (AvgIpc) is 2.97. The minimum atomic E-state index is -0.0244. The van der Waals surface area contributed by atoms with Crippen molar-refractivity contribution in [1.29, 1.82) is 0 Å². The van der Waals surface area contributed by atoms with Gasteiger partial charge in [0.1, 0.15) is 0 Å². The van der Waals surface area contributed by atoms with Gasteiger partial charge in [-0.2, -0.15) is 0 Å². The molecule has 0 radical (unpaired) electrons. The number of piperidine rings is 1. The standard InChI is InChI=1S/C16H29N5O/c1-5-19(6-2)16(22)15-12-21(18-17-15)11-14-8-7-9-20(10-14)13(3)4/h12-14H,5-11H2,1-4H3. The molecule has 1 atom stereocenters. The molecule has 1 aromatic heterocycles. The summed E-state index contributed by atoms with van der Waals surface area (Å²) in [7, 11) is 0. The van der Waals surface area contributed by atoms with E-state index < -0.39 is 0 Å². The van der Waals surface area contributed by atoms with Crippen LogP contribution in [0.25, 0.3) is 0 Å². The lowest BCUT2D eigenvalue weighted by atomic mass is 9.97. The van der Waals surface area contributed by atoms with E-state index in [1.165, 1.54) is 19.4 Å². The largest absolute Gasteiger partial charge is 0.338 e. The fourth-order valence-corrected chi connectivity index (χ4v) is 3.14. The molecule has 0 aromatic carbocycles. The van der Waals surface area contributed by atoms with Crippen molar-refractivity contribution in [3.05, 3.63) is 11.9 Å². The Morgan fingerprint density at radius 3 is 2.77 bits per heavy atom. The van der Waals surface area contributed by atoms with Gasteiger partial charge in [0.05, 0.1) is 6.20 Å². The maximum Gasteiger partial charge on any atom is 0.276 e. The van der Waals surface area contributed by atoms with Crippen molar-refractivity contribution < 1.29 is 4.79 Å². The van der Waals surface area contributed by atoms with E-state index in [-0.39, 0.29) is 5.91 Å². The molecule has 0 N–H and O–H groups in total. The Morgan fingerprint density at radius 2 is 2.14 bits per heavy atom. The van der Waals surface area contributed by atoms with Crippen molar-refractivity contribution >= 4 is 5.91 Å². The van der Waals surface area contributed by atoms with E-state index >= 15 is 0 Å². The van der Waals surface area contributed by atoms with Crippen LogP contribution in [0.2, 0.25) is 0 Å². The molecule has 1 fully saturated rings. The second-order valence-electron chi connectivity index (χ2n) is 6.40. The van der Waals surface area contributed by atoms with Gasteiger partial charge in [-0.05, 0) is 53.0 Å². The fourth-order valence-electron chi connectivity index (χ4n) is 3.14. The number of amides is 1. The second-order valence-corrected chi connectivity index (χ2v) is 6.40. The highest BCUT2D eigenvalue weighted by Crippen LogP contribution is 2.19. The first-order valence-corrected chi connectivity index (χ1v) is 8.48. The van der Waals surface area contributed by atoms with E-state index in [1.54, 1.807) is 11.1 Å². The predicted octanol–water partition coefficient (Wildman–Crippen LogP) is 1.88. The number of hydrogen-bond acceptors (Lipinski definition) is 4. The van der Waals surface area contributed by atoms with E-state index in [4.69, 9.17) is 0 Å². The molecular formula is C16H29N5O. The number of carbonyl (C=O) groups excluding carboxylic acids is 1. The molecule has 124 valence electrons. The first kappa shape index (κ1) is 16.9. The van der Waals surface area contributed by atoms with Crippen molar-refractivity contribution in [2.24, 2.45) is 5.92 Å². The van der Waals surface area contributed by atoms with E-state index in [0.29, 0.717) is 30.7 Å². The lowest BCUT2D eigenvalue weighted by Crippen LogP contribution is -2.41. The van der Waals surface area contributed by atoms with Crippen LogP contribution in [0.3, 0.4) is 0 Å². The van der Waals surface area contributed by atoms with Gasteiger partial charge in [0, 0.05) is 32.2 Å². The Hall–Kier alpha value is -1.43. The van der Waals surface area contributed by atoms with Crippen LogP contribution in [0.15, 0.2) is 6.20 Å². The molecule has 1 aliphatic heterocycles. The third-order valence-corrected chi connectivity index (χ3v) is 4.53. The van der Waals surface area contributed by atoms with Crippen LogP contribution in [-0.4, -0.2) is 62.9 Å². The summed E-state index contributed by atoms with van der Waals surface area (Å²) < 4.78 is 1.84. The Morgan fingerprint density at radius 1 is 1.41 bits per heavy atom. The van der Waals surface area contributed by atoms with Gasteiger partial charge in [-0.3, -0.25) is 9.48 Å². The van der Waals surface area contributed by atoms with Crippen molar-refractivity contribution in [2.45, 2.75) is 53.1 Å². The summed E-state index contributed by atoms with van der Waals surface area (Å²) in [6.07, 6.45) is 4.26. The zero-order valence-corrected chi connectivity index (χ0v) is 14.3. The zero-order chi connectivity index (χ0) is 16.1. The topological polar surface area (TPSA) is 54.3 Å². The summed E-state index contributed by atoms with van der Waals surface area (Å²) in [5.74, 6) is 0.568. The molecular weight excluding hydrogens is 278 g/mol. The van der Waals surface area contributed by atoms with Gasteiger partial charge in [-0.1, -0.05) is 5.21 Å². The molecule has 0 aliphatic carbocycles. The molecule has 1 amide bonds. The molecule has 2 heterocycles. The van der Waals surface area contributed by atoms with Gasteiger partial charge in [0.2, 0.25) is 0 Å². The van der Waals surface area contributed by atoms with Gasteiger partial charge in [0.25, 0.3) is 5.91 Å². The highest BCUT2D eigenvalue weighted by Gasteiger charge is 2.23. The molecule has 6 nitrogen and oxygen atoms in total. The van der Waals surface area contributed by atoms with Crippen molar-refractivity contribution in [3.8, 4) is 0 Å². The summed E-state index contributed by atoms with van der Waals surface area (Å²) >= 11 is 0. The number of nitrogens with zero attached hydrogens (tertiary/aromatic N) is 5. The minimum Gasteiger partial charge on any atom is -0.338 e. The minimum absolute atomic E-state index is 0.0244. The summed E-state index contributed by atoms with van der Waals surface area (Å²) in [6, 6.07) is 0.596. The van der Waals surface area contributed by atoms with E-state index in [0.717, 1.165) is 13.1 Å². The maximum atomic E-state index is 12.3. The average molecular weight is 307 g/mol. The number of rotatable bonds is 6. The Bertz CT molecular complexity index is 481. The van der Waals surface area contributed by atoms with E-state index in [9.17, 15) is 4.79 Å². The quantitative estimate of drug-likeness (QED) is 0.805. The normalized spacial score (nSPS) is 19.6. The molecule has 1 saturated heterocycles.